The van der Waals surface area contributed by atoms with Crippen LogP contribution in [0, 0.1) is 0 Å². The highest BCUT2D eigenvalue weighted by atomic mass is 19.4. The van der Waals surface area contributed by atoms with Crippen molar-refractivity contribution in [2.75, 3.05) is 6.54 Å². The van der Waals surface area contributed by atoms with Crippen molar-refractivity contribution in [2.45, 2.75) is 57.7 Å². The lowest BCUT2D eigenvalue weighted by Gasteiger charge is -2.27. The molecule has 2 aromatic rings. The van der Waals surface area contributed by atoms with Crippen molar-refractivity contribution < 1.29 is 36.7 Å². The summed E-state index contributed by atoms with van der Waals surface area (Å²) in [5, 5.41) is 2.57. The Morgan fingerprint density at radius 2 is 1.81 bits per heavy atom. The van der Waals surface area contributed by atoms with Gasteiger partial charge in [0, 0.05) is 24.7 Å². The fourth-order valence-electron chi connectivity index (χ4n) is 3.71. The number of rotatable bonds is 5. The first-order valence-corrected chi connectivity index (χ1v) is 11.0. The number of halogens is 4. The molecular weight excluding hydrogens is 484 g/mol. The summed E-state index contributed by atoms with van der Waals surface area (Å²) in [7, 11) is 0. The van der Waals surface area contributed by atoms with E-state index in [1.807, 2.05) is 0 Å². The molecule has 194 valence electrons. The predicted octanol–water partition coefficient (Wildman–Crippen LogP) is 3.83. The number of hydrogen-bond acceptors (Lipinski definition) is 5. The van der Waals surface area contributed by atoms with Gasteiger partial charge in [-0.3, -0.25) is 19.5 Å². The topological polar surface area (TPSA) is 115 Å². The average molecular weight is 510 g/mol. The van der Waals surface area contributed by atoms with Crippen molar-refractivity contribution in [2.24, 2.45) is 5.73 Å². The lowest BCUT2D eigenvalue weighted by Crippen LogP contribution is -2.47. The summed E-state index contributed by atoms with van der Waals surface area (Å²) in [6, 6.07) is 4.56. The average Bonchev–Trinajstić information content (AvgIpc) is 3.17. The molecule has 8 nitrogen and oxygen atoms in total. The Morgan fingerprint density at radius 1 is 1.17 bits per heavy atom. The number of nitrogens with one attached hydrogen (secondary N) is 1. The number of likely N-dealkylation sites (tertiary alicyclic amines) is 1. The predicted molar refractivity (Wildman–Crippen MR) is 121 cm³/mol. The number of pyridine rings is 1. The number of amides is 3. The van der Waals surface area contributed by atoms with Crippen LogP contribution in [0.5, 0.6) is 0 Å². The summed E-state index contributed by atoms with van der Waals surface area (Å²) in [6.07, 6.45) is -5.79. The minimum absolute atomic E-state index is 0.00949. The molecule has 0 bridgehead atoms. The molecule has 0 saturated carbocycles. The first-order valence-electron chi connectivity index (χ1n) is 11.0. The third kappa shape index (κ3) is 6.49. The Kier molecular flexibility index (Phi) is 7.56. The fourth-order valence-corrected chi connectivity index (χ4v) is 3.71. The zero-order valence-electron chi connectivity index (χ0n) is 19.9. The first kappa shape index (κ1) is 26.9. The van der Waals surface area contributed by atoms with Gasteiger partial charge in [-0.05, 0) is 44.5 Å². The highest BCUT2D eigenvalue weighted by Crippen LogP contribution is 2.31. The van der Waals surface area contributed by atoms with Gasteiger partial charge in [0.05, 0.1) is 23.4 Å². The molecule has 0 spiro atoms. The monoisotopic (exact) mass is 510 g/mol. The van der Waals surface area contributed by atoms with Gasteiger partial charge in [0.2, 0.25) is 5.91 Å². The van der Waals surface area contributed by atoms with Crippen molar-refractivity contribution in [3.63, 3.8) is 0 Å². The second-order valence-corrected chi connectivity index (χ2v) is 9.37. The van der Waals surface area contributed by atoms with E-state index in [0.29, 0.717) is 5.56 Å². The smallest absolute Gasteiger partial charge is 0.416 e. The fraction of sp³-hybridized carbons (Fsp3) is 0.417. The van der Waals surface area contributed by atoms with Gasteiger partial charge in [-0.2, -0.15) is 13.2 Å². The molecular formula is C24H26F4N4O4. The molecule has 3 N–H and O–H groups in total. The Bertz CT molecular complexity index is 1150. The largest absolute Gasteiger partial charge is 0.444 e. The Balaban J connectivity index is 1.79. The summed E-state index contributed by atoms with van der Waals surface area (Å²) >= 11 is 0. The zero-order valence-corrected chi connectivity index (χ0v) is 19.9. The quantitative estimate of drug-likeness (QED) is 0.594. The lowest BCUT2D eigenvalue weighted by atomic mass is 10.0. The van der Waals surface area contributed by atoms with E-state index < -0.39 is 47.5 Å². The molecule has 0 aliphatic carbocycles. The number of primary amides is 1. The summed E-state index contributed by atoms with van der Waals surface area (Å²) in [5.41, 5.74) is 4.57. The maximum absolute atomic E-state index is 14.1. The number of nitrogens with two attached hydrogens (primary N) is 1. The number of carbonyl (C=O) groups excluding carboxylic acids is 3. The molecule has 0 radical (unpaired) electrons. The van der Waals surface area contributed by atoms with E-state index in [2.05, 4.69) is 10.3 Å². The molecule has 2 heterocycles. The van der Waals surface area contributed by atoms with Crippen LogP contribution in [0.4, 0.5) is 22.4 Å². The van der Waals surface area contributed by atoms with E-state index in [1.54, 1.807) is 20.8 Å². The van der Waals surface area contributed by atoms with Crippen LogP contribution < -0.4 is 11.1 Å². The van der Waals surface area contributed by atoms with Crippen molar-refractivity contribution >= 4 is 17.9 Å². The number of alkyl halides is 4. The van der Waals surface area contributed by atoms with Crippen molar-refractivity contribution in [3.8, 4) is 11.3 Å². The SMILES string of the molecule is CC(C)(C)OC(=O)N1C[C@H](F)C[C@H]1C(=O)NCc1cc(-c2ccc(C(F)(F)F)cc2)ncc1C(N)=O. The number of aromatic nitrogens is 1. The summed E-state index contributed by atoms with van der Waals surface area (Å²) in [5.74, 6) is -1.49. The van der Waals surface area contributed by atoms with Gasteiger partial charge < -0.3 is 15.8 Å². The molecule has 2 atom stereocenters. The van der Waals surface area contributed by atoms with Crippen LogP contribution in [0.2, 0.25) is 0 Å². The molecule has 1 aromatic heterocycles. The van der Waals surface area contributed by atoms with Crippen molar-refractivity contribution in [3.05, 3.63) is 53.2 Å². The highest BCUT2D eigenvalue weighted by Gasteiger charge is 2.41. The number of hydrogen-bond donors (Lipinski definition) is 2. The van der Waals surface area contributed by atoms with Gasteiger partial charge >= 0.3 is 12.3 Å². The summed E-state index contributed by atoms with van der Waals surface area (Å²) in [6.45, 7) is 4.42. The van der Waals surface area contributed by atoms with E-state index in [0.717, 1.165) is 23.2 Å². The number of ether oxygens (including phenoxy) is 1. The van der Waals surface area contributed by atoms with Gasteiger partial charge in [-0.15, -0.1) is 0 Å². The molecule has 1 aromatic carbocycles. The maximum Gasteiger partial charge on any atom is 0.416 e. The molecule has 3 rings (SSSR count). The minimum atomic E-state index is -4.50. The third-order valence-corrected chi connectivity index (χ3v) is 5.40. The normalized spacial score (nSPS) is 18.1. The molecule has 1 fully saturated rings. The molecule has 1 aliphatic rings. The van der Waals surface area contributed by atoms with Crippen molar-refractivity contribution in [1.29, 1.82) is 0 Å². The molecule has 36 heavy (non-hydrogen) atoms. The second-order valence-electron chi connectivity index (χ2n) is 9.37. The maximum atomic E-state index is 14.1. The molecule has 3 amide bonds. The Hall–Kier alpha value is -3.70. The Labute approximate surface area is 204 Å². The minimum Gasteiger partial charge on any atom is -0.444 e. The number of nitrogens with zero attached hydrogens (tertiary/aromatic N) is 2. The van der Waals surface area contributed by atoms with Gasteiger partial charge in [0.25, 0.3) is 5.91 Å². The van der Waals surface area contributed by atoms with E-state index in [9.17, 15) is 31.9 Å². The third-order valence-electron chi connectivity index (χ3n) is 5.40. The van der Waals surface area contributed by atoms with Crippen molar-refractivity contribution in [1.82, 2.24) is 15.2 Å². The van der Waals surface area contributed by atoms with Crippen LogP contribution >= 0.6 is 0 Å². The second kappa shape index (κ2) is 10.1. The first-order chi connectivity index (χ1) is 16.7. The van der Waals surface area contributed by atoms with E-state index in [1.165, 1.54) is 18.2 Å². The van der Waals surface area contributed by atoms with Crippen LogP contribution in [0.3, 0.4) is 0 Å². The van der Waals surface area contributed by atoms with E-state index in [4.69, 9.17) is 10.5 Å². The molecule has 0 unspecified atom stereocenters. The van der Waals surface area contributed by atoms with Gasteiger partial charge in [-0.25, -0.2) is 9.18 Å². The molecule has 1 aliphatic heterocycles. The van der Waals surface area contributed by atoms with Crippen LogP contribution in [0.1, 0.15) is 48.7 Å². The van der Waals surface area contributed by atoms with Crippen LogP contribution in [0.25, 0.3) is 11.3 Å². The molecule has 1 saturated heterocycles. The van der Waals surface area contributed by atoms with Crippen LogP contribution in [-0.4, -0.2) is 52.2 Å². The summed E-state index contributed by atoms with van der Waals surface area (Å²) in [4.78, 5) is 42.3. The van der Waals surface area contributed by atoms with Crippen LogP contribution in [0.15, 0.2) is 36.5 Å². The van der Waals surface area contributed by atoms with Gasteiger partial charge in [0.1, 0.15) is 17.8 Å². The highest BCUT2D eigenvalue weighted by molar-refractivity contribution is 5.94. The lowest BCUT2D eigenvalue weighted by molar-refractivity contribution is -0.137. The standard InChI is InChI=1S/C24H26F4N4O4/c1-23(2,3)36-22(35)32-12-16(25)9-19(32)21(34)31-10-14-8-18(30-11-17(14)20(29)33)13-4-6-15(7-5-13)24(26,27)28/h4-8,11,16,19H,9-10,12H2,1-3H3,(H2,29,33)(H,31,34)/t16-,19+/m1/s1. The van der Waals surface area contributed by atoms with Gasteiger partial charge in [0.15, 0.2) is 0 Å². The van der Waals surface area contributed by atoms with Gasteiger partial charge in [-0.1, -0.05) is 12.1 Å². The van der Waals surface area contributed by atoms with E-state index in [-0.39, 0.29) is 36.3 Å². The summed E-state index contributed by atoms with van der Waals surface area (Å²) < 4.78 is 57.9. The van der Waals surface area contributed by atoms with E-state index >= 15 is 0 Å². The number of benzene rings is 1. The zero-order chi connectivity index (χ0) is 26.8. The molecule has 12 heteroatoms. The van der Waals surface area contributed by atoms with Crippen LogP contribution in [-0.2, 0) is 22.3 Å². The number of carbonyl (C=O) groups is 3. The Morgan fingerprint density at radius 3 is 2.36 bits per heavy atom.